The number of nitrogens with zero attached hydrogens (tertiary/aromatic N) is 3. The third-order valence-electron chi connectivity index (χ3n) is 3.41. The van der Waals surface area contributed by atoms with E-state index in [0.29, 0.717) is 27.2 Å². The molecule has 1 amide bonds. The van der Waals surface area contributed by atoms with Crippen LogP contribution in [0.1, 0.15) is 10.5 Å². The predicted octanol–water partition coefficient (Wildman–Crippen LogP) is 3.42. The lowest BCUT2D eigenvalue weighted by atomic mass is 10.3. The first-order chi connectivity index (χ1) is 12.0. The second-order valence-electron chi connectivity index (χ2n) is 5.01. The predicted molar refractivity (Wildman–Crippen MR) is 96.7 cm³/mol. The number of carbonyl (C=O) groups is 1. The van der Waals surface area contributed by atoms with Crippen LogP contribution in [0.5, 0.6) is 5.75 Å². The zero-order valence-corrected chi connectivity index (χ0v) is 14.5. The van der Waals surface area contributed by atoms with Crippen molar-refractivity contribution in [3.63, 3.8) is 0 Å². The molecule has 0 bridgehead atoms. The van der Waals surface area contributed by atoms with E-state index in [0.717, 1.165) is 0 Å². The van der Waals surface area contributed by atoms with Gasteiger partial charge in [0.15, 0.2) is 11.5 Å². The van der Waals surface area contributed by atoms with E-state index in [9.17, 15) is 4.79 Å². The molecular formula is C16H13Cl2N5O2. The first-order valence-electron chi connectivity index (χ1n) is 7.11. The number of hydrogen-bond acceptors (Lipinski definition) is 5. The van der Waals surface area contributed by atoms with E-state index >= 15 is 0 Å². The lowest BCUT2D eigenvalue weighted by Crippen LogP contribution is -2.15. The lowest BCUT2D eigenvalue weighted by molar-refractivity contribution is 0.102. The molecule has 0 unspecified atom stereocenters. The highest BCUT2D eigenvalue weighted by molar-refractivity contribution is 6.35. The van der Waals surface area contributed by atoms with Gasteiger partial charge in [0.05, 0.1) is 23.5 Å². The van der Waals surface area contributed by atoms with Crippen LogP contribution in [0, 0.1) is 0 Å². The zero-order valence-electron chi connectivity index (χ0n) is 13.0. The van der Waals surface area contributed by atoms with E-state index in [1.165, 1.54) is 10.7 Å². The Hall–Kier alpha value is -2.77. The van der Waals surface area contributed by atoms with E-state index in [-0.39, 0.29) is 11.5 Å². The third kappa shape index (κ3) is 3.52. The second kappa shape index (κ2) is 7.00. The average molecular weight is 378 g/mol. The van der Waals surface area contributed by atoms with Gasteiger partial charge in [0.1, 0.15) is 5.75 Å². The number of rotatable bonds is 4. The number of halogens is 2. The molecule has 0 spiro atoms. The Bertz CT molecular complexity index is 925. The van der Waals surface area contributed by atoms with Crippen LogP contribution in [0.15, 0.2) is 42.5 Å². The number of nitrogens with two attached hydrogens (primary N) is 1. The van der Waals surface area contributed by atoms with Crippen molar-refractivity contribution in [2.75, 3.05) is 18.2 Å². The van der Waals surface area contributed by atoms with Gasteiger partial charge < -0.3 is 15.8 Å². The first-order valence-corrected chi connectivity index (χ1v) is 7.87. The third-order valence-corrected chi connectivity index (χ3v) is 3.98. The number of carbonyl (C=O) groups excluding carboxylic acids is 1. The van der Waals surface area contributed by atoms with Crippen molar-refractivity contribution in [2.45, 2.75) is 0 Å². The molecule has 1 heterocycles. The summed E-state index contributed by atoms with van der Waals surface area (Å²) < 4.78 is 6.46. The smallest absolute Gasteiger partial charge is 0.280 e. The van der Waals surface area contributed by atoms with Crippen LogP contribution >= 0.6 is 23.2 Å². The van der Waals surface area contributed by atoms with E-state index < -0.39 is 5.91 Å². The van der Waals surface area contributed by atoms with Crippen LogP contribution in [0.4, 0.5) is 11.5 Å². The average Bonchev–Trinajstić information content (AvgIpc) is 3.00. The number of ether oxygens (including phenoxy) is 1. The Morgan fingerprint density at radius 3 is 2.60 bits per heavy atom. The summed E-state index contributed by atoms with van der Waals surface area (Å²) in [4.78, 5) is 12.4. The molecule has 0 saturated heterocycles. The van der Waals surface area contributed by atoms with Crippen LogP contribution in [-0.2, 0) is 0 Å². The Morgan fingerprint density at radius 1 is 1.20 bits per heavy atom. The number of amides is 1. The number of nitrogens with one attached hydrogen (secondary N) is 1. The van der Waals surface area contributed by atoms with Crippen molar-refractivity contribution in [2.24, 2.45) is 0 Å². The lowest BCUT2D eigenvalue weighted by Gasteiger charge is -2.07. The molecular weight excluding hydrogens is 365 g/mol. The fourth-order valence-corrected chi connectivity index (χ4v) is 2.48. The van der Waals surface area contributed by atoms with Crippen molar-refractivity contribution in [3.05, 3.63) is 58.2 Å². The molecule has 7 nitrogen and oxygen atoms in total. The normalized spacial score (nSPS) is 10.5. The largest absolute Gasteiger partial charge is 0.497 e. The van der Waals surface area contributed by atoms with Crippen LogP contribution < -0.4 is 15.8 Å². The van der Waals surface area contributed by atoms with Crippen LogP contribution in [-0.4, -0.2) is 28.0 Å². The molecule has 3 rings (SSSR count). The molecule has 0 aliphatic carbocycles. The van der Waals surface area contributed by atoms with Gasteiger partial charge in [-0.05, 0) is 42.5 Å². The highest BCUT2D eigenvalue weighted by Crippen LogP contribution is 2.26. The first kappa shape index (κ1) is 17.1. The van der Waals surface area contributed by atoms with Gasteiger partial charge in [-0.2, -0.15) is 4.68 Å². The quantitative estimate of drug-likeness (QED) is 0.726. The summed E-state index contributed by atoms with van der Waals surface area (Å²) in [5.74, 6) is 0.248. The van der Waals surface area contributed by atoms with E-state index in [1.54, 1.807) is 43.5 Å². The topological polar surface area (TPSA) is 95.1 Å². The minimum absolute atomic E-state index is 0.0214. The van der Waals surface area contributed by atoms with Gasteiger partial charge in [-0.15, -0.1) is 5.10 Å². The summed E-state index contributed by atoms with van der Waals surface area (Å²) in [6, 6.07) is 11.7. The van der Waals surface area contributed by atoms with Gasteiger partial charge in [-0.1, -0.05) is 28.4 Å². The summed E-state index contributed by atoms with van der Waals surface area (Å²) in [7, 11) is 1.57. The molecule has 25 heavy (non-hydrogen) atoms. The summed E-state index contributed by atoms with van der Waals surface area (Å²) in [5.41, 5.74) is 7.00. The summed E-state index contributed by atoms with van der Waals surface area (Å²) in [5, 5.41) is 11.2. The molecule has 0 saturated carbocycles. The molecule has 0 aliphatic heterocycles. The number of methoxy groups -OCH3 is 1. The second-order valence-corrected chi connectivity index (χ2v) is 5.86. The van der Waals surface area contributed by atoms with Gasteiger partial charge in [0.2, 0.25) is 0 Å². The number of anilines is 2. The van der Waals surface area contributed by atoms with Gasteiger partial charge in [0.25, 0.3) is 5.91 Å². The van der Waals surface area contributed by atoms with E-state index in [1.807, 2.05) is 0 Å². The molecule has 0 aliphatic rings. The molecule has 3 aromatic rings. The summed E-state index contributed by atoms with van der Waals surface area (Å²) in [6.07, 6.45) is 0. The molecule has 2 aromatic carbocycles. The van der Waals surface area contributed by atoms with Crippen molar-refractivity contribution < 1.29 is 9.53 Å². The van der Waals surface area contributed by atoms with E-state index in [2.05, 4.69) is 15.6 Å². The molecule has 0 fully saturated rings. The van der Waals surface area contributed by atoms with Gasteiger partial charge >= 0.3 is 0 Å². The zero-order chi connectivity index (χ0) is 18.0. The van der Waals surface area contributed by atoms with Crippen molar-refractivity contribution in [1.29, 1.82) is 0 Å². The van der Waals surface area contributed by atoms with E-state index in [4.69, 9.17) is 33.7 Å². The van der Waals surface area contributed by atoms with Crippen molar-refractivity contribution in [1.82, 2.24) is 15.0 Å². The molecule has 3 N–H and O–H groups in total. The monoisotopic (exact) mass is 377 g/mol. The molecule has 0 radical (unpaired) electrons. The maximum absolute atomic E-state index is 12.4. The number of benzene rings is 2. The van der Waals surface area contributed by atoms with Gasteiger partial charge in [-0.3, -0.25) is 4.79 Å². The Morgan fingerprint density at radius 2 is 1.92 bits per heavy atom. The maximum Gasteiger partial charge on any atom is 0.280 e. The van der Waals surface area contributed by atoms with Crippen molar-refractivity contribution >= 4 is 40.6 Å². The minimum atomic E-state index is -0.540. The molecule has 128 valence electrons. The Kier molecular flexibility index (Phi) is 4.78. The Balaban J connectivity index is 1.87. The van der Waals surface area contributed by atoms with Crippen molar-refractivity contribution in [3.8, 4) is 11.4 Å². The number of aromatic nitrogens is 3. The van der Waals surface area contributed by atoms with Crippen LogP contribution in [0.25, 0.3) is 5.69 Å². The minimum Gasteiger partial charge on any atom is -0.497 e. The maximum atomic E-state index is 12.4. The Labute approximate surface area is 153 Å². The number of hydrogen-bond donors (Lipinski definition) is 2. The molecule has 1 aromatic heterocycles. The molecule has 9 heteroatoms. The highest BCUT2D eigenvalue weighted by atomic mass is 35.5. The number of nitrogen functional groups attached to an aromatic ring is 1. The van der Waals surface area contributed by atoms with Gasteiger partial charge in [0, 0.05) is 5.02 Å². The summed E-state index contributed by atoms with van der Waals surface area (Å²) >= 11 is 11.9. The highest BCUT2D eigenvalue weighted by Gasteiger charge is 2.19. The van der Waals surface area contributed by atoms with Crippen LogP contribution in [0.3, 0.4) is 0 Å². The SMILES string of the molecule is COc1ccc(-n2nnc(C(=O)Nc3cc(Cl)ccc3Cl)c2N)cc1. The summed E-state index contributed by atoms with van der Waals surface area (Å²) in [6.45, 7) is 0. The van der Waals surface area contributed by atoms with Crippen LogP contribution in [0.2, 0.25) is 10.0 Å². The van der Waals surface area contributed by atoms with Gasteiger partial charge in [-0.25, -0.2) is 0 Å². The fourth-order valence-electron chi connectivity index (χ4n) is 2.14. The fraction of sp³-hybridized carbons (Fsp3) is 0.0625. The molecule has 0 atom stereocenters. The standard InChI is InChI=1S/C16H13Cl2N5O2/c1-25-11-5-3-10(4-6-11)23-15(19)14(21-22-23)16(24)20-13-8-9(17)2-7-12(13)18/h2-8H,19H2,1H3,(H,20,24).